The van der Waals surface area contributed by atoms with Crippen molar-refractivity contribution in [2.75, 3.05) is 19.6 Å². The predicted octanol–water partition coefficient (Wildman–Crippen LogP) is -1.43. The van der Waals surface area contributed by atoms with E-state index < -0.39 is 34.4 Å². The standard InChI is InChI=1S/C11H18N4O7S/c16-10(14(18)5-7-3-4-12-7)9-2-1-8-6-13(9)11(17)15(8)22-23(19,20)21/h7-9,12,18H,1-6H2,(H,19,20,21)/t7-,8?,9?/m0/s1. The fourth-order valence-corrected chi connectivity index (χ4v) is 3.45. The fourth-order valence-electron chi connectivity index (χ4n) is 3.06. The van der Waals surface area contributed by atoms with Gasteiger partial charge in [0.2, 0.25) is 0 Å². The molecule has 11 nitrogen and oxygen atoms in total. The van der Waals surface area contributed by atoms with Gasteiger partial charge in [-0.25, -0.2) is 9.86 Å². The van der Waals surface area contributed by atoms with Gasteiger partial charge in [0, 0.05) is 12.6 Å². The van der Waals surface area contributed by atoms with Crippen LogP contribution in [0, 0.1) is 0 Å². The second kappa shape index (κ2) is 5.87. The van der Waals surface area contributed by atoms with Crippen molar-refractivity contribution in [1.29, 1.82) is 0 Å². The molecular formula is C11H18N4O7S. The second-order valence-electron chi connectivity index (χ2n) is 5.87. The molecule has 0 spiro atoms. The van der Waals surface area contributed by atoms with Crippen LogP contribution in [0.5, 0.6) is 0 Å². The summed E-state index contributed by atoms with van der Waals surface area (Å²) in [5.41, 5.74) is 0. The zero-order valence-electron chi connectivity index (χ0n) is 12.2. The smallest absolute Gasteiger partial charge is 0.312 e. The number of piperidine rings is 1. The van der Waals surface area contributed by atoms with E-state index in [-0.39, 0.29) is 25.6 Å². The fraction of sp³-hybridized carbons (Fsp3) is 0.818. The molecule has 0 aromatic heterocycles. The first-order valence-electron chi connectivity index (χ1n) is 7.27. The highest BCUT2D eigenvalue weighted by Gasteiger charge is 2.50. The van der Waals surface area contributed by atoms with Gasteiger partial charge in [0.15, 0.2) is 0 Å². The number of nitrogens with one attached hydrogen (secondary N) is 1. The molecule has 3 fully saturated rings. The number of rotatable bonds is 5. The van der Waals surface area contributed by atoms with Crippen LogP contribution in [0.1, 0.15) is 19.3 Å². The minimum Gasteiger partial charge on any atom is -0.312 e. The Morgan fingerprint density at radius 2 is 2.09 bits per heavy atom. The van der Waals surface area contributed by atoms with E-state index in [1.54, 1.807) is 0 Å². The molecule has 0 saturated carbocycles. The molecule has 3 rings (SSSR count). The minimum absolute atomic E-state index is 0.0360. The number of hydroxylamine groups is 4. The van der Waals surface area contributed by atoms with Gasteiger partial charge in [-0.15, -0.1) is 4.28 Å². The maximum absolute atomic E-state index is 12.3. The molecule has 3 N–H and O–H groups in total. The Balaban J connectivity index is 1.66. The summed E-state index contributed by atoms with van der Waals surface area (Å²) in [6.07, 6.45) is 1.45. The molecule has 23 heavy (non-hydrogen) atoms. The van der Waals surface area contributed by atoms with Gasteiger partial charge in [0.25, 0.3) is 5.91 Å². The van der Waals surface area contributed by atoms with Crippen molar-refractivity contribution in [2.24, 2.45) is 0 Å². The van der Waals surface area contributed by atoms with E-state index >= 15 is 0 Å². The van der Waals surface area contributed by atoms with Gasteiger partial charge in [-0.3, -0.25) is 14.6 Å². The van der Waals surface area contributed by atoms with E-state index in [0.29, 0.717) is 16.5 Å². The highest BCUT2D eigenvalue weighted by atomic mass is 32.3. The van der Waals surface area contributed by atoms with Crippen molar-refractivity contribution >= 4 is 22.3 Å². The predicted molar refractivity (Wildman–Crippen MR) is 73.3 cm³/mol. The summed E-state index contributed by atoms with van der Waals surface area (Å²) < 4.78 is 34.6. The van der Waals surface area contributed by atoms with E-state index in [9.17, 15) is 23.2 Å². The van der Waals surface area contributed by atoms with Gasteiger partial charge in [-0.1, -0.05) is 0 Å². The maximum atomic E-state index is 12.3. The molecule has 2 unspecified atom stereocenters. The van der Waals surface area contributed by atoms with Crippen molar-refractivity contribution in [3.63, 3.8) is 0 Å². The van der Waals surface area contributed by atoms with Gasteiger partial charge < -0.3 is 10.2 Å². The SMILES string of the molecule is O=C(C1CCC2CN1C(=O)N2OS(=O)(=O)O)N(O)C[C@@H]1CCN1. The van der Waals surface area contributed by atoms with Crippen molar-refractivity contribution in [3.05, 3.63) is 0 Å². The molecule has 0 aromatic carbocycles. The molecule has 3 aliphatic rings. The van der Waals surface area contributed by atoms with Crippen LogP contribution < -0.4 is 5.32 Å². The van der Waals surface area contributed by atoms with Crippen LogP contribution in [0.4, 0.5) is 4.79 Å². The lowest BCUT2D eigenvalue weighted by molar-refractivity contribution is -0.173. The van der Waals surface area contributed by atoms with Crippen molar-refractivity contribution < 1.29 is 32.1 Å². The highest BCUT2D eigenvalue weighted by Crippen LogP contribution is 2.31. The Labute approximate surface area is 132 Å². The number of hydrogen-bond donors (Lipinski definition) is 3. The van der Waals surface area contributed by atoms with Crippen LogP contribution in [0.3, 0.4) is 0 Å². The molecule has 3 saturated heterocycles. The molecule has 0 radical (unpaired) electrons. The Bertz CT molecular complexity index is 607. The van der Waals surface area contributed by atoms with E-state index in [1.165, 1.54) is 0 Å². The van der Waals surface area contributed by atoms with Crippen LogP contribution in [-0.2, 0) is 19.5 Å². The largest absolute Gasteiger partial charge is 0.418 e. The average molecular weight is 350 g/mol. The van der Waals surface area contributed by atoms with Gasteiger partial charge in [0.05, 0.1) is 12.6 Å². The molecule has 0 aliphatic carbocycles. The van der Waals surface area contributed by atoms with E-state index in [0.717, 1.165) is 17.9 Å². The lowest BCUT2D eigenvalue weighted by Crippen LogP contribution is -2.55. The lowest BCUT2D eigenvalue weighted by atomic mass is 10.00. The van der Waals surface area contributed by atoms with E-state index in [4.69, 9.17) is 4.55 Å². The summed E-state index contributed by atoms with van der Waals surface area (Å²) in [6.45, 7) is 1.07. The number of fused-ring (bicyclic) bond motifs is 2. The monoisotopic (exact) mass is 350 g/mol. The van der Waals surface area contributed by atoms with E-state index in [1.807, 2.05) is 0 Å². The first kappa shape index (κ1) is 16.4. The third-order valence-corrected chi connectivity index (χ3v) is 4.70. The summed E-state index contributed by atoms with van der Waals surface area (Å²) in [7, 11) is -4.82. The summed E-state index contributed by atoms with van der Waals surface area (Å²) in [4.78, 5) is 25.7. The molecule has 3 aliphatic heterocycles. The maximum Gasteiger partial charge on any atom is 0.418 e. The number of nitrogens with zero attached hydrogens (tertiary/aromatic N) is 3. The number of carbonyl (C=O) groups excluding carboxylic acids is 2. The second-order valence-corrected chi connectivity index (χ2v) is 6.87. The Kier molecular flexibility index (Phi) is 4.18. The number of carbonyl (C=O) groups is 2. The summed E-state index contributed by atoms with van der Waals surface area (Å²) in [5, 5.41) is 14.1. The van der Waals surface area contributed by atoms with Crippen LogP contribution in [0.25, 0.3) is 0 Å². The van der Waals surface area contributed by atoms with Gasteiger partial charge in [-0.05, 0) is 25.8 Å². The molecule has 130 valence electrons. The van der Waals surface area contributed by atoms with Gasteiger partial charge in [-0.2, -0.15) is 13.5 Å². The molecule has 12 heteroatoms. The van der Waals surface area contributed by atoms with Crippen LogP contribution in [0.15, 0.2) is 0 Å². The lowest BCUT2D eigenvalue weighted by Gasteiger charge is -2.34. The molecule has 2 bridgehead atoms. The molecule has 3 atom stereocenters. The quantitative estimate of drug-likeness (QED) is 0.311. The normalized spacial score (nSPS) is 30.3. The highest BCUT2D eigenvalue weighted by molar-refractivity contribution is 7.80. The summed E-state index contributed by atoms with van der Waals surface area (Å²) >= 11 is 0. The van der Waals surface area contributed by atoms with E-state index in [2.05, 4.69) is 9.60 Å². The number of urea groups is 1. The van der Waals surface area contributed by atoms with Crippen LogP contribution >= 0.6 is 0 Å². The summed E-state index contributed by atoms with van der Waals surface area (Å²) in [6, 6.07) is -2.22. The Morgan fingerprint density at radius 1 is 1.39 bits per heavy atom. The third-order valence-electron chi connectivity index (χ3n) is 4.36. The first-order valence-corrected chi connectivity index (χ1v) is 8.63. The molecule has 3 heterocycles. The van der Waals surface area contributed by atoms with Crippen LogP contribution in [0.2, 0.25) is 0 Å². The zero-order chi connectivity index (χ0) is 16.8. The molecule has 3 amide bonds. The Hall–Kier alpha value is -1.47. The number of hydrogen-bond acceptors (Lipinski definition) is 7. The molecule has 0 aromatic rings. The summed E-state index contributed by atoms with van der Waals surface area (Å²) in [5.74, 6) is -0.612. The molecular weight excluding hydrogens is 332 g/mol. The zero-order valence-corrected chi connectivity index (χ0v) is 13.0. The Morgan fingerprint density at radius 3 is 2.65 bits per heavy atom. The van der Waals surface area contributed by atoms with Crippen molar-refractivity contribution in [3.8, 4) is 0 Å². The van der Waals surface area contributed by atoms with Crippen molar-refractivity contribution in [1.82, 2.24) is 20.3 Å². The topological polar surface area (TPSA) is 140 Å². The minimum atomic E-state index is -4.82. The first-order chi connectivity index (χ1) is 10.8. The van der Waals surface area contributed by atoms with Crippen LogP contribution in [-0.4, -0.2) is 82.9 Å². The van der Waals surface area contributed by atoms with Gasteiger partial charge in [0.1, 0.15) is 6.04 Å². The third kappa shape index (κ3) is 3.26. The average Bonchev–Trinajstić information content (AvgIpc) is 2.66. The van der Waals surface area contributed by atoms with Gasteiger partial charge >= 0.3 is 16.4 Å². The van der Waals surface area contributed by atoms with Crippen molar-refractivity contribution in [2.45, 2.75) is 37.4 Å². The number of amides is 3.